The van der Waals surface area contributed by atoms with E-state index < -0.39 is 0 Å². The molecule has 3 aromatic heterocycles. The average molecular weight is 322 g/mol. The highest BCUT2D eigenvalue weighted by molar-refractivity contribution is 5.82. The van der Waals surface area contributed by atoms with Crippen LogP contribution in [0.5, 0.6) is 5.88 Å². The highest BCUT2D eigenvalue weighted by Crippen LogP contribution is 2.39. The van der Waals surface area contributed by atoms with Crippen LogP contribution in [0.4, 0.5) is 5.82 Å². The summed E-state index contributed by atoms with van der Waals surface area (Å²) in [6, 6.07) is 4.14. The number of pyridine rings is 1. The molecule has 7 heteroatoms. The van der Waals surface area contributed by atoms with E-state index in [1.807, 2.05) is 12.3 Å². The summed E-state index contributed by atoms with van der Waals surface area (Å²) in [6.45, 7) is 1.69. The molecule has 1 atom stereocenters. The zero-order valence-corrected chi connectivity index (χ0v) is 13.2. The number of hydrogen-bond donors (Lipinski definition) is 1. The number of H-pyrrole nitrogens is 1. The van der Waals surface area contributed by atoms with Gasteiger partial charge in [-0.25, -0.2) is 19.9 Å². The van der Waals surface area contributed by atoms with Gasteiger partial charge in [0.2, 0.25) is 5.88 Å². The zero-order valence-electron chi connectivity index (χ0n) is 13.2. The maximum absolute atomic E-state index is 6.05. The van der Waals surface area contributed by atoms with E-state index in [0.29, 0.717) is 11.5 Å². The number of rotatable bonds is 4. The largest absolute Gasteiger partial charge is 0.472 e. The van der Waals surface area contributed by atoms with Crippen LogP contribution in [0.15, 0.2) is 31.0 Å². The number of imidazole rings is 1. The standard InChI is InChI=1S/C17H18N6O/c1-2-11(1)12-3-4-14(18-7-12)24-13-5-6-23(8-13)17-15-16(20-9-19-15)21-10-22-17/h3-4,7,9-11,13H,1-2,5-6,8H2,(H,19,20,21,22). The molecular weight excluding hydrogens is 304 g/mol. The highest BCUT2D eigenvalue weighted by atomic mass is 16.5. The number of aromatic amines is 1. The van der Waals surface area contributed by atoms with E-state index >= 15 is 0 Å². The van der Waals surface area contributed by atoms with Gasteiger partial charge < -0.3 is 14.6 Å². The van der Waals surface area contributed by atoms with Gasteiger partial charge in [0.05, 0.1) is 12.9 Å². The van der Waals surface area contributed by atoms with Crippen LogP contribution in [0, 0.1) is 0 Å². The molecule has 0 spiro atoms. The fourth-order valence-electron chi connectivity index (χ4n) is 3.30. The van der Waals surface area contributed by atoms with Gasteiger partial charge in [-0.05, 0) is 24.3 Å². The minimum absolute atomic E-state index is 0.122. The van der Waals surface area contributed by atoms with Crippen molar-refractivity contribution in [3.8, 4) is 5.88 Å². The predicted octanol–water partition coefficient (Wildman–Crippen LogP) is 2.28. The van der Waals surface area contributed by atoms with Crippen molar-refractivity contribution in [1.29, 1.82) is 0 Å². The molecule has 1 unspecified atom stereocenters. The average Bonchev–Trinajstić information content (AvgIpc) is 3.16. The number of ether oxygens (including phenoxy) is 1. The van der Waals surface area contributed by atoms with E-state index in [-0.39, 0.29) is 6.10 Å². The van der Waals surface area contributed by atoms with E-state index in [2.05, 4.69) is 35.9 Å². The molecule has 122 valence electrons. The number of hydrogen-bond acceptors (Lipinski definition) is 6. The van der Waals surface area contributed by atoms with Gasteiger partial charge in [-0.3, -0.25) is 0 Å². The number of aromatic nitrogens is 5. The minimum Gasteiger partial charge on any atom is -0.472 e. The molecule has 4 heterocycles. The van der Waals surface area contributed by atoms with Crippen LogP contribution >= 0.6 is 0 Å². The normalized spacial score (nSPS) is 20.7. The molecule has 1 N–H and O–H groups in total. The quantitative estimate of drug-likeness (QED) is 0.794. The van der Waals surface area contributed by atoms with E-state index in [9.17, 15) is 0 Å². The van der Waals surface area contributed by atoms with Crippen LogP contribution in [-0.2, 0) is 0 Å². The van der Waals surface area contributed by atoms with Crippen LogP contribution in [0.3, 0.4) is 0 Å². The Hall–Kier alpha value is -2.70. The Labute approximate surface area is 139 Å². The first-order valence-electron chi connectivity index (χ1n) is 8.38. The van der Waals surface area contributed by atoms with Gasteiger partial charge in [-0.1, -0.05) is 6.07 Å². The van der Waals surface area contributed by atoms with Crippen LogP contribution < -0.4 is 9.64 Å². The van der Waals surface area contributed by atoms with Crippen LogP contribution in [0.2, 0.25) is 0 Å². The lowest BCUT2D eigenvalue weighted by atomic mass is 10.2. The first-order chi connectivity index (χ1) is 11.9. The second kappa shape index (κ2) is 5.43. The van der Waals surface area contributed by atoms with E-state index in [4.69, 9.17) is 4.74 Å². The van der Waals surface area contributed by atoms with Gasteiger partial charge >= 0.3 is 0 Å². The monoisotopic (exact) mass is 322 g/mol. The summed E-state index contributed by atoms with van der Waals surface area (Å²) in [5, 5.41) is 0. The van der Waals surface area contributed by atoms with Crippen molar-refractivity contribution in [2.45, 2.75) is 31.3 Å². The molecule has 1 aliphatic heterocycles. The summed E-state index contributed by atoms with van der Waals surface area (Å²) < 4.78 is 6.05. The predicted molar refractivity (Wildman–Crippen MR) is 89.1 cm³/mol. The molecule has 24 heavy (non-hydrogen) atoms. The van der Waals surface area contributed by atoms with E-state index in [0.717, 1.165) is 36.8 Å². The Bertz CT molecular complexity index is 857. The Morgan fingerprint density at radius 2 is 2.04 bits per heavy atom. The fourth-order valence-corrected chi connectivity index (χ4v) is 3.30. The first-order valence-corrected chi connectivity index (χ1v) is 8.38. The SMILES string of the molecule is c1nc(N2CCC(Oc3ccc(C4CC4)cn3)C2)c2[nH]cnc2n1. The molecule has 1 aliphatic carbocycles. The molecule has 5 rings (SSSR count). The molecule has 0 bridgehead atoms. The van der Waals surface area contributed by atoms with Crippen LogP contribution in [0.25, 0.3) is 11.2 Å². The molecule has 0 radical (unpaired) electrons. The molecule has 1 saturated carbocycles. The Morgan fingerprint density at radius 1 is 1.08 bits per heavy atom. The third kappa shape index (κ3) is 2.46. The maximum Gasteiger partial charge on any atom is 0.213 e. The van der Waals surface area contributed by atoms with Gasteiger partial charge in [0.1, 0.15) is 17.9 Å². The van der Waals surface area contributed by atoms with Gasteiger partial charge in [-0.15, -0.1) is 0 Å². The first kappa shape index (κ1) is 13.7. The van der Waals surface area contributed by atoms with Crippen molar-refractivity contribution in [2.75, 3.05) is 18.0 Å². The summed E-state index contributed by atoms with van der Waals surface area (Å²) in [7, 11) is 0. The fraction of sp³-hybridized carbons (Fsp3) is 0.412. The lowest BCUT2D eigenvalue weighted by Crippen LogP contribution is -2.25. The van der Waals surface area contributed by atoms with Crippen molar-refractivity contribution in [3.63, 3.8) is 0 Å². The molecule has 2 aliphatic rings. The summed E-state index contributed by atoms with van der Waals surface area (Å²) >= 11 is 0. The number of nitrogens with one attached hydrogen (secondary N) is 1. The van der Waals surface area contributed by atoms with Gasteiger partial charge in [0, 0.05) is 25.2 Å². The highest BCUT2D eigenvalue weighted by Gasteiger charge is 2.28. The molecular formula is C17H18N6O. The second-order valence-corrected chi connectivity index (χ2v) is 6.48. The Kier molecular flexibility index (Phi) is 3.11. The van der Waals surface area contributed by atoms with Crippen molar-refractivity contribution in [3.05, 3.63) is 36.5 Å². The number of fused-ring (bicyclic) bond motifs is 1. The third-order valence-electron chi connectivity index (χ3n) is 4.74. The van der Waals surface area contributed by atoms with Crippen molar-refractivity contribution >= 4 is 17.0 Å². The molecule has 7 nitrogen and oxygen atoms in total. The number of nitrogens with zero attached hydrogens (tertiary/aromatic N) is 5. The molecule has 0 aromatic carbocycles. The van der Waals surface area contributed by atoms with Crippen LogP contribution in [0.1, 0.15) is 30.7 Å². The smallest absolute Gasteiger partial charge is 0.213 e. The molecule has 1 saturated heterocycles. The lowest BCUT2D eigenvalue weighted by molar-refractivity contribution is 0.215. The summed E-state index contributed by atoms with van der Waals surface area (Å²) in [4.78, 5) is 22.6. The maximum atomic E-state index is 6.05. The Balaban J connectivity index is 1.29. The molecule has 3 aromatic rings. The van der Waals surface area contributed by atoms with Gasteiger partial charge in [0.25, 0.3) is 0 Å². The van der Waals surface area contributed by atoms with Crippen LogP contribution in [-0.4, -0.2) is 44.1 Å². The van der Waals surface area contributed by atoms with E-state index in [1.165, 1.54) is 18.4 Å². The van der Waals surface area contributed by atoms with Crippen molar-refractivity contribution in [2.24, 2.45) is 0 Å². The van der Waals surface area contributed by atoms with E-state index in [1.54, 1.807) is 12.7 Å². The molecule has 0 amide bonds. The summed E-state index contributed by atoms with van der Waals surface area (Å²) in [5.41, 5.74) is 2.91. The van der Waals surface area contributed by atoms with Crippen molar-refractivity contribution < 1.29 is 4.74 Å². The summed E-state index contributed by atoms with van der Waals surface area (Å²) in [5.74, 6) is 2.32. The zero-order chi connectivity index (χ0) is 15.9. The third-order valence-corrected chi connectivity index (χ3v) is 4.74. The van der Waals surface area contributed by atoms with Crippen molar-refractivity contribution in [1.82, 2.24) is 24.9 Å². The van der Waals surface area contributed by atoms with Gasteiger partial charge in [0.15, 0.2) is 11.5 Å². The summed E-state index contributed by atoms with van der Waals surface area (Å²) in [6.07, 6.45) is 8.82. The second-order valence-electron chi connectivity index (χ2n) is 6.48. The lowest BCUT2D eigenvalue weighted by Gasteiger charge is -2.18. The number of anilines is 1. The minimum atomic E-state index is 0.122. The molecule has 2 fully saturated rings. The Morgan fingerprint density at radius 3 is 2.88 bits per heavy atom. The van der Waals surface area contributed by atoms with Gasteiger partial charge in [-0.2, -0.15) is 0 Å². The topological polar surface area (TPSA) is 79.8 Å².